The molecule has 11 nitrogen and oxygen atoms in total. The van der Waals surface area contributed by atoms with Crippen molar-refractivity contribution in [1.82, 2.24) is 0 Å². The molecule has 30 heavy (non-hydrogen) atoms. The summed E-state index contributed by atoms with van der Waals surface area (Å²) in [4.78, 5) is -1.90. The lowest BCUT2D eigenvalue weighted by molar-refractivity contribution is 0.476. The minimum Gasteiger partial charge on any atom is -0.378 e. The van der Waals surface area contributed by atoms with Gasteiger partial charge in [-0.1, -0.05) is 18.2 Å². The Balaban J connectivity index is 2.43. The molecule has 3 rings (SSSR count). The van der Waals surface area contributed by atoms with Gasteiger partial charge in [0, 0.05) is 11.5 Å². The molecule has 0 fully saturated rings. The number of hydrogen-bond donors (Lipinski definition) is 4. The summed E-state index contributed by atoms with van der Waals surface area (Å²) in [5, 5.41) is -0.721. The molecule has 0 saturated carbocycles. The lowest BCUT2D eigenvalue weighted by Crippen LogP contribution is -2.13. The molecule has 160 valence electrons. The van der Waals surface area contributed by atoms with Gasteiger partial charge >= 0.3 is 10.1 Å². The maximum absolute atomic E-state index is 12.6. The molecule has 0 unspecified atom stereocenters. The van der Waals surface area contributed by atoms with Crippen molar-refractivity contribution < 1.29 is 38.5 Å². The first-order chi connectivity index (χ1) is 13.8. The predicted molar refractivity (Wildman–Crippen MR) is 106 cm³/mol. The van der Waals surface area contributed by atoms with Gasteiger partial charge < -0.3 is 9.61 Å². The molecule has 0 aromatic heterocycles. The van der Waals surface area contributed by atoms with E-state index in [1.165, 1.54) is 24.3 Å². The lowest BCUT2D eigenvalue weighted by atomic mass is 10.1. The smallest absolute Gasteiger partial charge is 0.339 e. The molecule has 3 aromatic carbocycles. The number of nitrogens with two attached hydrogens (primary N) is 1. The fourth-order valence-corrected chi connectivity index (χ4v) is 4.86. The van der Waals surface area contributed by atoms with Gasteiger partial charge in [0.2, 0.25) is 0 Å². The fraction of sp³-hybridized carbons (Fsp3) is 0. The summed E-state index contributed by atoms with van der Waals surface area (Å²) in [5.41, 5.74) is 2.17. The van der Waals surface area contributed by atoms with E-state index in [0.717, 1.165) is 18.2 Å². The van der Waals surface area contributed by atoms with E-state index in [0.29, 0.717) is 6.07 Å². The van der Waals surface area contributed by atoms with Crippen molar-refractivity contribution in [2.75, 3.05) is 5.43 Å². The molecule has 0 amide bonds. The largest absolute Gasteiger partial charge is 0.378 e. The van der Waals surface area contributed by atoms with Crippen LogP contribution in [0.2, 0.25) is 0 Å². The number of hydrogen-bond acceptors (Lipinski definition) is 9. The number of anilines is 1. The molecular formula is C16H14N2O9S3. The lowest BCUT2D eigenvalue weighted by Gasteiger charge is -2.15. The Morgan fingerprint density at radius 2 is 1.43 bits per heavy atom. The van der Waals surface area contributed by atoms with E-state index in [1.54, 1.807) is 6.07 Å². The van der Waals surface area contributed by atoms with E-state index in [2.05, 4.69) is 5.43 Å². The number of nitrogens with one attached hydrogen (secondary N) is 1. The normalized spacial score (nSPS) is 12.6. The van der Waals surface area contributed by atoms with E-state index in [-0.39, 0.29) is 16.0 Å². The Morgan fingerprint density at radius 1 is 0.800 bits per heavy atom. The van der Waals surface area contributed by atoms with E-state index in [9.17, 15) is 34.4 Å². The predicted octanol–water partition coefficient (Wildman–Crippen LogP) is 1.39. The Hall–Kier alpha value is -2.75. The number of benzene rings is 3. The Labute approximate surface area is 171 Å². The van der Waals surface area contributed by atoms with E-state index in [1.807, 2.05) is 0 Å². The summed E-state index contributed by atoms with van der Waals surface area (Å²) < 4.78 is 96.1. The molecule has 0 heterocycles. The van der Waals surface area contributed by atoms with Crippen LogP contribution < -0.4 is 15.5 Å². The Kier molecular flexibility index (Phi) is 5.48. The topological polar surface area (TPSA) is 190 Å². The quantitative estimate of drug-likeness (QED) is 0.175. The van der Waals surface area contributed by atoms with Gasteiger partial charge in [0.05, 0.1) is 16.0 Å². The summed E-state index contributed by atoms with van der Waals surface area (Å²) >= 11 is 0. The van der Waals surface area contributed by atoms with Crippen molar-refractivity contribution in [3.8, 4) is 5.75 Å². The molecular weight excluding hydrogens is 460 g/mol. The number of nitrogen functional groups attached to an aromatic ring is 1. The summed E-state index contributed by atoms with van der Waals surface area (Å²) in [7, 11) is -14.3. The van der Waals surface area contributed by atoms with E-state index in [4.69, 9.17) is 10.0 Å². The molecule has 0 aliphatic carbocycles. The minimum atomic E-state index is -4.92. The third kappa shape index (κ3) is 4.23. The van der Waals surface area contributed by atoms with Gasteiger partial charge in [0.25, 0.3) is 20.2 Å². The first-order valence-electron chi connectivity index (χ1n) is 7.86. The second kappa shape index (κ2) is 7.50. The maximum atomic E-state index is 12.6. The minimum absolute atomic E-state index is 0.0439. The second-order valence-electron chi connectivity index (χ2n) is 5.90. The Morgan fingerprint density at radius 3 is 1.97 bits per heavy atom. The highest BCUT2D eigenvalue weighted by Gasteiger charge is 2.26. The van der Waals surface area contributed by atoms with Gasteiger partial charge in [-0.05, 0) is 30.3 Å². The van der Waals surface area contributed by atoms with Crippen molar-refractivity contribution >= 4 is 46.8 Å². The van der Waals surface area contributed by atoms with Crippen LogP contribution in [0.1, 0.15) is 0 Å². The molecule has 14 heteroatoms. The molecule has 0 aliphatic rings. The van der Waals surface area contributed by atoms with Crippen LogP contribution >= 0.6 is 0 Å². The maximum Gasteiger partial charge on any atom is 0.339 e. The molecule has 5 N–H and O–H groups in total. The van der Waals surface area contributed by atoms with Crippen LogP contribution in [-0.4, -0.2) is 34.4 Å². The standard InChI is InChI=1S/C16H14N2O9S3/c17-18-13-6-7-15(29(22,23)24)12-8-11(28(19,20)21)9-14(16(12)13)27-30(25,26)10-4-2-1-3-5-10/h1-9,18H,17H2,(H,19,20,21)(H,22,23,24). The third-order valence-electron chi connectivity index (χ3n) is 3.97. The zero-order chi connectivity index (χ0) is 22.3. The van der Waals surface area contributed by atoms with E-state index >= 15 is 0 Å². The van der Waals surface area contributed by atoms with Crippen molar-refractivity contribution in [3.63, 3.8) is 0 Å². The highest BCUT2D eigenvalue weighted by Crippen LogP contribution is 2.39. The monoisotopic (exact) mass is 474 g/mol. The first kappa shape index (κ1) is 21.9. The summed E-state index contributed by atoms with van der Waals surface area (Å²) in [5.74, 6) is 4.76. The molecule has 0 aliphatic heterocycles. The molecule has 0 saturated heterocycles. The number of rotatable bonds is 6. The third-order valence-corrected chi connectivity index (χ3v) is 6.97. The van der Waals surface area contributed by atoms with Gasteiger partial charge in [-0.15, -0.1) is 0 Å². The number of hydrazine groups is 1. The molecule has 0 bridgehead atoms. The van der Waals surface area contributed by atoms with Gasteiger partial charge in [0.1, 0.15) is 9.79 Å². The molecule has 0 atom stereocenters. The van der Waals surface area contributed by atoms with Crippen LogP contribution in [0, 0.1) is 0 Å². The SMILES string of the molecule is NNc1ccc(S(=O)(=O)O)c2cc(S(=O)(=O)O)cc(OS(=O)(=O)c3ccccc3)c12. The average molecular weight is 474 g/mol. The summed E-state index contributed by atoms with van der Waals surface area (Å²) in [6.07, 6.45) is 0. The molecule has 3 aromatic rings. The van der Waals surface area contributed by atoms with Crippen molar-refractivity contribution in [3.05, 3.63) is 54.6 Å². The second-order valence-corrected chi connectivity index (χ2v) is 10.3. The molecule has 0 spiro atoms. The van der Waals surface area contributed by atoms with Gasteiger partial charge in [0.15, 0.2) is 5.75 Å². The average Bonchev–Trinajstić information content (AvgIpc) is 2.65. The Bertz CT molecular complexity index is 1450. The van der Waals surface area contributed by atoms with Gasteiger partial charge in [-0.3, -0.25) is 14.9 Å². The summed E-state index contributed by atoms with van der Waals surface area (Å²) in [6.45, 7) is 0. The van der Waals surface area contributed by atoms with Crippen molar-refractivity contribution in [2.45, 2.75) is 14.7 Å². The first-order valence-corrected chi connectivity index (χ1v) is 12.2. The van der Waals surface area contributed by atoms with Crippen LogP contribution in [0.3, 0.4) is 0 Å². The van der Waals surface area contributed by atoms with Crippen LogP contribution in [0.4, 0.5) is 5.69 Å². The van der Waals surface area contributed by atoms with Crippen LogP contribution in [-0.2, 0) is 30.4 Å². The zero-order valence-electron chi connectivity index (χ0n) is 14.8. The fourth-order valence-electron chi connectivity index (χ4n) is 2.71. The van der Waals surface area contributed by atoms with Crippen molar-refractivity contribution in [2.24, 2.45) is 5.84 Å². The van der Waals surface area contributed by atoms with Crippen molar-refractivity contribution in [1.29, 1.82) is 0 Å². The highest BCUT2D eigenvalue weighted by molar-refractivity contribution is 7.87. The van der Waals surface area contributed by atoms with Gasteiger partial charge in [-0.2, -0.15) is 25.3 Å². The highest BCUT2D eigenvalue weighted by atomic mass is 32.2. The van der Waals surface area contributed by atoms with Crippen LogP contribution in [0.5, 0.6) is 5.75 Å². The van der Waals surface area contributed by atoms with E-state index < -0.39 is 51.3 Å². The van der Waals surface area contributed by atoms with Crippen LogP contribution in [0.15, 0.2) is 69.3 Å². The van der Waals surface area contributed by atoms with Gasteiger partial charge in [-0.25, -0.2) is 0 Å². The molecule has 0 radical (unpaired) electrons. The summed E-state index contributed by atoms with van der Waals surface area (Å²) in [6, 6.07) is 10.3. The zero-order valence-corrected chi connectivity index (χ0v) is 17.2. The number of fused-ring (bicyclic) bond motifs is 1. The van der Waals surface area contributed by atoms with Crippen LogP contribution in [0.25, 0.3) is 10.8 Å².